The van der Waals surface area contributed by atoms with E-state index in [4.69, 9.17) is 4.74 Å². The third kappa shape index (κ3) is 5.45. The summed E-state index contributed by atoms with van der Waals surface area (Å²) in [5.74, 6) is 2.47. The van der Waals surface area contributed by atoms with Gasteiger partial charge < -0.3 is 10.1 Å². The molecule has 1 heterocycles. The second-order valence-electron chi connectivity index (χ2n) is 4.89. The van der Waals surface area contributed by atoms with Crippen molar-refractivity contribution in [2.45, 2.75) is 40.0 Å². The van der Waals surface area contributed by atoms with Gasteiger partial charge in [-0.05, 0) is 25.7 Å². The molecular weight excluding hydrogens is 226 g/mol. The number of nitrogens with one attached hydrogen (secondary N) is 1. The Hall–Kier alpha value is -1.16. The average Bonchev–Trinajstić information content (AvgIpc) is 2.28. The minimum absolute atomic E-state index is 0.612. The predicted molar refractivity (Wildman–Crippen MR) is 74.9 cm³/mol. The van der Waals surface area contributed by atoms with Gasteiger partial charge in [-0.15, -0.1) is 0 Å². The van der Waals surface area contributed by atoms with Crippen molar-refractivity contribution in [3.05, 3.63) is 17.6 Å². The molecule has 0 aliphatic heterocycles. The van der Waals surface area contributed by atoms with Gasteiger partial charge in [0.2, 0.25) is 0 Å². The number of aromatic nitrogens is 2. The summed E-state index contributed by atoms with van der Waals surface area (Å²) < 4.78 is 5.06. The zero-order chi connectivity index (χ0) is 13.4. The van der Waals surface area contributed by atoms with E-state index in [0.717, 1.165) is 49.8 Å². The highest BCUT2D eigenvalue weighted by atomic mass is 16.5. The molecule has 0 fully saturated rings. The van der Waals surface area contributed by atoms with E-state index in [1.165, 1.54) is 0 Å². The molecule has 4 heteroatoms. The van der Waals surface area contributed by atoms with Crippen LogP contribution in [0, 0.1) is 5.92 Å². The number of rotatable bonds is 8. The lowest BCUT2D eigenvalue weighted by atomic mass is 10.1. The van der Waals surface area contributed by atoms with Crippen LogP contribution in [-0.4, -0.2) is 30.2 Å². The first-order valence-corrected chi connectivity index (χ1v) is 6.75. The third-order valence-corrected chi connectivity index (χ3v) is 2.55. The molecule has 1 aromatic heterocycles. The minimum Gasteiger partial charge on any atom is -0.385 e. The summed E-state index contributed by atoms with van der Waals surface area (Å²) in [4.78, 5) is 9.15. The maximum Gasteiger partial charge on any atom is 0.131 e. The van der Waals surface area contributed by atoms with Gasteiger partial charge in [0.15, 0.2) is 0 Å². The summed E-state index contributed by atoms with van der Waals surface area (Å²) in [6, 6.07) is 2.06. The summed E-state index contributed by atoms with van der Waals surface area (Å²) in [6.07, 6.45) is 2.84. The van der Waals surface area contributed by atoms with Gasteiger partial charge in [-0.2, -0.15) is 0 Å². The highest BCUT2D eigenvalue weighted by molar-refractivity contribution is 5.36. The number of nitrogens with zero attached hydrogens (tertiary/aromatic N) is 2. The van der Waals surface area contributed by atoms with E-state index in [-0.39, 0.29) is 0 Å². The highest BCUT2D eigenvalue weighted by Crippen LogP contribution is 2.12. The van der Waals surface area contributed by atoms with E-state index in [0.29, 0.717) is 5.92 Å². The molecule has 0 saturated carbocycles. The molecule has 18 heavy (non-hydrogen) atoms. The highest BCUT2D eigenvalue weighted by Gasteiger charge is 2.06. The van der Waals surface area contributed by atoms with E-state index in [1.54, 1.807) is 7.11 Å². The topological polar surface area (TPSA) is 47.0 Å². The molecule has 0 saturated heterocycles. The van der Waals surface area contributed by atoms with Crippen molar-refractivity contribution in [2.75, 3.05) is 25.6 Å². The molecule has 0 aliphatic carbocycles. The Labute approximate surface area is 110 Å². The lowest BCUT2D eigenvalue weighted by molar-refractivity contribution is 0.194. The maximum absolute atomic E-state index is 5.06. The lowest BCUT2D eigenvalue weighted by Crippen LogP contribution is -2.08. The summed E-state index contributed by atoms with van der Waals surface area (Å²) >= 11 is 0. The van der Waals surface area contributed by atoms with Crippen LogP contribution in [0.25, 0.3) is 0 Å². The molecule has 0 unspecified atom stereocenters. The molecule has 1 N–H and O–H groups in total. The average molecular weight is 251 g/mol. The standard InChI is InChI=1S/C14H25N3O/c1-5-15-14-10-12(9-11(2)3)16-13(17-14)7-6-8-18-4/h10-11H,5-9H2,1-4H3,(H,15,16,17). The zero-order valence-electron chi connectivity index (χ0n) is 12.0. The van der Waals surface area contributed by atoms with E-state index >= 15 is 0 Å². The van der Waals surface area contributed by atoms with Gasteiger partial charge in [0.25, 0.3) is 0 Å². The van der Waals surface area contributed by atoms with Gasteiger partial charge in [-0.3, -0.25) is 0 Å². The largest absolute Gasteiger partial charge is 0.385 e. The Kier molecular flexibility index (Phi) is 6.65. The molecule has 1 aromatic rings. The Bertz CT molecular complexity index is 353. The Balaban J connectivity index is 2.77. The summed E-state index contributed by atoms with van der Waals surface area (Å²) in [6.45, 7) is 8.14. The summed E-state index contributed by atoms with van der Waals surface area (Å²) in [7, 11) is 1.72. The first kappa shape index (κ1) is 14.9. The van der Waals surface area contributed by atoms with Crippen molar-refractivity contribution in [3.8, 4) is 0 Å². The summed E-state index contributed by atoms with van der Waals surface area (Å²) in [5, 5.41) is 3.27. The van der Waals surface area contributed by atoms with Crippen LogP contribution in [-0.2, 0) is 17.6 Å². The predicted octanol–water partition coefficient (Wildman–Crippen LogP) is 2.69. The molecule has 0 aromatic carbocycles. The van der Waals surface area contributed by atoms with E-state index < -0.39 is 0 Å². The molecule has 0 bridgehead atoms. The van der Waals surface area contributed by atoms with Gasteiger partial charge in [-0.25, -0.2) is 9.97 Å². The van der Waals surface area contributed by atoms with E-state index in [1.807, 2.05) is 0 Å². The van der Waals surface area contributed by atoms with E-state index in [2.05, 4.69) is 42.1 Å². The fourth-order valence-corrected chi connectivity index (χ4v) is 1.83. The third-order valence-electron chi connectivity index (χ3n) is 2.55. The van der Waals surface area contributed by atoms with E-state index in [9.17, 15) is 0 Å². The molecule has 0 spiro atoms. The number of ether oxygens (including phenoxy) is 1. The summed E-state index contributed by atoms with van der Waals surface area (Å²) in [5.41, 5.74) is 1.13. The second-order valence-corrected chi connectivity index (χ2v) is 4.89. The maximum atomic E-state index is 5.06. The number of hydrogen-bond donors (Lipinski definition) is 1. The van der Waals surface area contributed by atoms with Crippen LogP contribution in [0.15, 0.2) is 6.07 Å². The van der Waals surface area contributed by atoms with Crippen LogP contribution in [0.2, 0.25) is 0 Å². The molecule has 102 valence electrons. The second kappa shape index (κ2) is 8.03. The van der Waals surface area contributed by atoms with Gasteiger partial charge in [0.1, 0.15) is 11.6 Å². The molecule has 4 nitrogen and oxygen atoms in total. The zero-order valence-corrected chi connectivity index (χ0v) is 12.0. The van der Waals surface area contributed by atoms with Gasteiger partial charge in [0, 0.05) is 38.4 Å². The Morgan fingerprint density at radius 3 is 2.72 bits per heavy atom. The van der Waals surface area contributed by atoms with Gasteiger partial charge in [0.05, 0.1) is 0 Å². The number of aryl methyl sites for hydroxylation is 1. The SMILES string of the molecule is CCNc1cc(CC(C)C)nc(CCCOC)n1. The van der Waals surface area contributed by atoms with Crippen LogP contribution in [0.3, 0.4) is 0 Å². The number of hydrogen-bond acceptors (Lipinski definition) is 4. The van der Waals surface area contributed by atoms with Crippen LogP contribution < -0.4 is 5.32 Å². The lowest BCUT2D eigenvalue weighted by Gasteiger charge is -2.10. The number of methoxy groups -OCH3 is 1. The van der Waals surface area contributed by atoms with Crippen LogP contribution >= 0.6 is 0 Å². The van der Waals surface area contributed by atoms with Crippen LogP contribution in [0.5, 0.6) is 0 Å². The smallest absolute Gasteiger partial charge is 0.131 e. The first-order valence-electron chi connectivity index (χ1n) is 6.75. The molecule has 0 atom stereocenters. The van der Waals surface area contributed by atoms with Crippen molar-refractivity contribution in [2.24, 2.45) is 5.92 Å². The van der Waals surface area contributed by atoms with Gasteiger partial charge in [-0.1, -0.05) is 13.8 Å². The van der Waals surface area contributed by atoms with Crippen molar-refractivity contribution in [1.29, 1.82) is 0 Å². The van der Waals surface area contributed by atoms with Crippen molar-refractivity contribution >= 4 is 5.82 Å². The fourth-order valence-electron chi connectivity index (χ4n) is 1.83. The molecule has 1 rings (SSSR count). The molecular formula is C14H25N3O. The quantitative estimate of drug-likeness (QED) is 0.722. The fraction of sp³-hybridized carbons (Fsp3) is 0.714. The molecule has 0 aliphatic rings. The van der Waals surface area contributed by atoms with Crippen LogP contribution in [0.4, 0.5) is 5.82 Å². The van der Waals surface area contributed by atoms with Crippen molar-refractivity contribution in [3.63, 3.8) is 0 Å². The number of anilines is 1. The van der Waals surface area contributed by atoms with Crippen molar-refractivity contribution < 1.29 is 4.74 Å². The monoisotopic (exact) mass is 251 g/mol. The van der Waals surface area contributed by atoms with Crippen molar-refractivity contribution in [1.82, 2.24) is 9.97 Å². The molecule has 0 amide bonds. The minimum atomic E-state index is 0.612. The normalized spacial score (nSPS) is 10.9. The Morgan fingerprint density at radius 1 is 1.33 bits per heavy atom. The molecule has 0 radical (unpaired) electrons. The Morgan fingerprint density at radius 2 is 2.11 bits per heavy atom. The first-order chi connectivity index (χ1) is 8.65. The van der Waals surface area contributed by atoms with Gasteiger partial charge >= 0.3 is 0 Å². The van der Waals surface area contributed by atoms with Crippen LogP contribution in [0.1, 0.15) is 38.7 Å².